The number of hydrogen-bond donors (Lipinski definition) is 0. The molecule has 3 unspecified atom stereocenters. The zero-order chi connectivity index (χ0) is 22.5. The fraction of sp³-hybridized carbons (Fsp3) is 0.111. The Balaban J connectivity index is 1.50. The van der Waals surface area contributed by atoms with Gasteiger partial charge in [-0.05, 0) is 52.7 Å². The van der Waals surface area contributed by atoms with Gasteiger partial charge in [0.25, 0.3) is 5.91 Å². The van der Waals surface area contributed by atoms with Crippen LogP contribution in [-0.2, 0) is 14.4 Å². The zero-order valence-corrected chi connectivity index (χ0v) is 17.5. The van der Waals surface area contributed by atoms with Crippen LogP contribution in [0.1, 0.15) is 11.6 Å². The summed E-state index contributed by atoms with van der Waals surface area (Å²) in [5.41, 5.74) is 2.01. The Hall–Kier alpha value is -4.03. The van der Waals surface area contributed by atoms with E-state index in [1.807, 2.05) is 72.8 Å². The van der Waals surface area contributed by atoms with Crippen LogP contribution < -0.4 is 9.96 Å². The number of hydrogen-bond acceptors (Lipinski definition) is 4. The largest absolute Gasteiger partial charge is 0.273 e. The van der Waals surface area contributed by atoms with Crippen molar-refractivity contribution in [1.29, 1.82) is 0 Å². The van der Waals surface area contributed by atoms with Crippen LogP contribution in [0, 0.1) is 11.7 Å². The maximum Gasteiger partial charge on any atom is 0.266 e. The fourth-order valence-corrected chi connectivity index (χ4v) is 4.88. The van der Waals surface area contributed by atoms with Gasteiger partial charge >= 0.3 is 0 Å². The predicted molar refractivity (Wildman–Crippen MR) is 123 cm³/mol. The normalized spacial score (nSPS) is 22.3. The Bertz CT molecular complexity index is 1370. The molecule has 0 radical (unpaired) electrons. The number of para-hydroxylation sites is 1. The molecule has 6 heteroatoms. The first kappa shape index (κ1) is 19.6. The number of hydroxylamine groups is 1. The minimum atomic E-state index is -0.966. The molecular formula is C27H19FN2O3. The molecule has 2 saturated heterocycles. The third-order valence-electron chi connectivity index (χ3n) is 6.35. The molecule has 2 aliphatic heterocycles. The number of imide groups is 1. The van der Waals surface area contributed by atoms with Gasteiger partial charge in [0.15, 0.2) is 6.10 Å². The Morgan fingerprint density at radius 2 is 1.39 bits per heavy atom. The summed E-state index contributed by atoms with van der Waals surface area (Å²) in [6.07, 6.45) is -0.966. The van der Waals surface area contributed by atoms with Gasteiger partial charge in [-0.2, -0.15) is 0 Å². The number of anilines is 2. The quantitative estimate of drug-likeness (QED) is 0.421. The van der Waals surface area contributed by atoms with Gasteiger partial charge in [0, 0.05) is 0 Å². The molecule has 4 aromatic rings. The Kier molecular flexibility index (Phi) is 4.48. The molecule has 162 valence electrons. The van der Waals surface area contributed by atoms with E-state index >= 15 is 0 Å². The number of carbonyl (C=O) groups excluding carboxylic acids is 2. The lowest BCUT2D eigenvalue weighted by atomic mass is 9.87. The van der Waals surface area contributed by atoms with Crippen molar-refractivity contribution in [2.75, 3.05) is 9.96 Å². The molecule has 4 aromatic carbocycles. The number of halogens is 1. The number of benzene rings is 4. The van der Waals surface area contributed by atoms with Crippen molar-refractivity contribution in [1.82, 2.24) is 0 Å². The molecule has 3 atom stereocenters. The minimum Gasteiger partial charge on any atom is -0.273 e. The smallest absolute Gasteiger partial charge is 0.266 e. The summed E-state index contributed by atoms with van der Waals surface area (Å²) >= 11 is 0. The van der Waals surface area contributed by atoms with Crippen molar-refractivity contribution in [3.8, 4) is 0 Å². The van der Waals surface area contributed by atoms with Crippen molar-refractivity contribution in [3.05, 3.63) is 108 Å². The minimum absolute atomic E-state index is 0.340. The second-order valence-corrected chi connectivity index (χ2v) is 8.21. The van der Waals surface area contributed by atoms with Crippen molar-refractivity contribution >= 4 is 34.0 Å². The highest BCUT2D eigenvalue weighted by Crippen LogP contribution is 2.48. The molecule has 0 spiro atoms. The Morgan fingerprint density at radius 3 is 2.18 bits per heavy atom. The summed E-state index contributed by atoms with van der Waals surface area (Å²) in [5, 5.41) is 3.73. The van der Waals surface area contributed by atoms with Gasteiger partial charge in [0.1, 0.15) is 11.7 Å². The highest BCUT2D eigenvalue weighted by atomic mass is 19.1. The topological polar surface area (TPSA) is 49.9 Å². The number of nitrogens with zero attached hydrogens (tertiary/aromatic N) is 2. The summed E-state index contributed by atoms with van der Waals surface area (Å²) in [7, 11) is 0. The standard InChI is InChI=1S/C27H19FN2O3/c28-18-13-15-19(16-14-18)29-26(31)23-24(22-12-6-8-17-7-4-5-11-21(17)22)30(33-25(23)27(29)32)20-9-2-1-3-10-20/h1-16,23-25H. The van der Waals surface area contributed by atoms with Crippen molar-refractivity contribution in [2.45, 2.75) is 12.1 Å². The number of carbonyl (C=O) groups is 2. The first-order valence-electron chi connectivity index (χ1n) is 10.8. The van der Waals surface area contributed by atoms with Gasteiger partial charge < -0.3 is 0 Å². The molecule has 5 nitrogen and oxygen atoms in total. The average Bonchev–Trinajstić information content (AvgIpc) is 3.36. The molecule has 2 heterocycles. The molecule has 2 aliphatic rings. The molecule has 0 aromatic heterocycles. The third-order valence-corrected chi connectivity index (χ3v) is 6.35. The van der Waals surface area contributed by atoms with Gasteiger partial charge in [0.05, 0.1) is 17.4 Å². The average molecular weight is 438 g/mol. The molecule has 6 rings (SSSR count). The van der Waals surface area contributed by atoms with Gasteiger partial charge in [-0.3, -0.25) is 14.4 Å². The second kappa shape index (κ2) is 7.53. The summed E-state index contributed by atoms with van der Waals surface area (Å²) in [6, 6.07) is 28.2. The van der Waals surface area contributed by atoms with E-state index in [4.69, 9.17) is 4.84 Å². The summed E-state index contributed by atoms with van der Waals surface area (Å²) < 4.78 is 13.4. The van der Waals surface area contributed by atoms with E-state index in [1.54, 1.807) is 5.06 Å². The lowest BCUT2D eigenvalue weighted by Gasteiger charge is -2.29. The Morgan fingerprint density at radius 1 is 0.697 bits per heavy atom. The fourth-order valence-electron chi connectivity index (χ4n) is 4.88. The molecule has 0 bridgehead atoms. The maximum atomic E-state index is 13.7. The monoisotopic (exact) mass is 438 g/mol. The van der Waals surface area contributed by atoms with Crippen LogP contribution in [0.15, 0.2) is 97.1 Å². The molecule has 0 aliphatic carbocycles. The molecule has 0 saturated carbocycles. The van der Waals surface area contributed by atoms with Crippen LogP contribution in [0.2, 0.25) is 0 Å². The van der Waals surface area contributed by atoms with E-state index in [0.29, 0.717) is 5.69 Å². The highest BCUT2D eigenvalue weighted by molar-refractivity contribution is 6.24. The van der Waals surface area contributed by atoms with Crippen molar-refractivity contribution in [2.24, 2.45) is 5.92 Å². The van der Waals surface area contributed by atoms with E-state index in [1.165, 1.54) is 24.3 Å². The zero-order valence-electron chi connectivity index (χ0n) is 17.5. The highest BCUT2D eigenvalue weighted by Gasteiger charge is 2.60. The molecular weight excluding hydrogens is 419 g/mol. The molecule has 0 N–H and O–H groups in total. The molecule has 33 heavy (non-hydrogen) atoms. The number of rotatable bonds is 3. The SMILES string of the molecule is O=C1C2ON(c3ccccc3)C(c3cccc4ccccc34)C2C(=O)N1c1ccc(F)cc1. The van der Waals surface area contributed by atoms with Crippen molar-refractivity contribution in [3.63, 3.8) is 0 Å². The summed E-state index contributed by atoms with van der Waals surface area (Å²) in [6.45, 7) is 0. The van der Waals surface area contributed by atoms with Crippen LogP contribution in [-0.4, -0.2) is 17.9 Å². The van der Waals surface area contributed by atoms with Crippen LogP contribution in [0.5, 0.6) is 0 Å². The van der Waals surface area contributed by atoms with Crippen LogP contribution in [0.25, 0.3) is 10.8 Å². The van der Waals surface area contributed by atoms with E-state index in [0.717, 1.165) is 26.9 Å². The third kappa shape index (κ3) is 3.02. The van der Waals surface area contributed by atoms with E-state index in [2.05, 4.69) is 0 Å². The van der Waals surface area contributed by atoms with E-state index < -0.39 is 29.8 Å². The molecule has 2 fully saturated rings. The van der Waals surface area contributed by atoms with Crippen LogP contribution in [0.3, 0.4) is 0 Å². The first-order chi connectivity index (χ1) is 16.1. The second-order valence-electron chi connectivity index (χ2n) is 8.21. The molecule has 2 amide bonds. The lowest BCUT2D eigenvalue weighted by molar-refractivity contribution is -0.126. The van der Waals surface area contributed by atoms with E-state index in [-0.39, 0.29) is 5.91 Å². The summed E-state index contributed by atoms with van der Waals surface area (Å²) in [4.78, 5) is 34.4. The van der Waals surface area contributed by atoms with Crippen LogP contribution in [0.4, 0.5) is 15.8 Å². The van der Waals surface area contributed by atoms with Gasteiger partial charge in [0.2, 0.25) is 5.91 Å². The van der Waals surface area contributed by atoms with Gasteiger partial charge in [-0.25, -0.2) is 14.4 Å². The number of amides is 2. The first-order valence-corrected chi connectivity index (χ1v) is 10.8. The van der Waals surface area contributed by atoms with Crippen LogP contribution >= 0.6 is 0 Å². The predicted octanol–water partition coefficient (Wildman–Crippen LogP) is 5.03. The van der Waals surface area contributed by atoms with E-state index in [9.17, 15) is 14.0 Å². The van der Waals surface area contributed by atoms with Gasteiger partial charge in [-0.15, -0.1) is 0 Å². The Labute approximate surface area is 189 Å². The maximum absolute atomic E-state index is 13.7. The lowest BCUT2D eigenvalue weighted by Crippen LogP contribution is -2.37. The van der Waals surface area contributed by atoms with Gasteiger partial charge in [-0.1, -0.05) is 60.7 Å². The summed E-state index contributed by atoms with van der Waals surface area (Å²) in [5.74, 6) is -1.97. The number of fused-ring (bicyclic) bond motifs is 2. The van der Waals surface area contributed by atoms with Crippen molar-refractivity contribution < 1.29 is 18.8 Å².